The summed E-state index contributed by atoms with van der Waals surface area (Å²) in [6, 6.07) is 15.6. The zero-order chi connectivity index (χ0) is 23.4. The first kappa shape index (κ1) is 23.7. The molecule has 2 aliphatic rings. The molecule has 0 radical (unpaired) electrons. The monoisotopic (exact) mass is 446 g/mol. The van der Waals surface area contributed by atoms with E-state index in [1.54, 1.807) is 4.90 Å². The number of aryl methyl sites for hydroxylation is 1. The van der Waals surface area contributed by atoms with Crippen LogP contribution in [0.1, 0.15) is 85.5 Å². The van der Waals surface area contributed by atoms with Crippen LogP contribution in [0.25, 0.3) is 0 Å². The molecule has 0 spiro atoms. The summed E-state index contributed by atoms with van der Waals surface area (Å²) < 4.78 is 0. The molecule has 2 aromatic carbocycles. The maximum atomic E-state index is 14.4. The number of carbonyl (C=O) groups excluding carboxylic acids is 2. The van der Waals surface area contributed by atoms with Crippen LogP contribution in [-0.4, -0.2) is 40.7 Å². The van der Waals surface area contributed by atoms with E-state index in [1.807, 2.05) is 37.3 Å². The maximum Gasteiger partial charge on any atom is 0.260 e. The van der Waals surface area contributed by atoms with Crippen molar-refractivity contribution in [3.05, 3.63) is 70.8 Å². The second-order valence-corrected chi connectivity index (χ2v) is 10.2. The highest BCUT2D eigenvalue weighted by Crippen LogP contribution is 2.34. The maximum absolute atomic E-state index is 14.4. The highest BCUT2D eigenvalue weighted by Gasteiger charge is 2.40. The molecule has 0 N–H and O–H groups in total. The Labute approximate surface area is 199 Å². The molecular weight excluding hydrogens is 408 g/mol. The van der Waals surface area contributed by atoms with Crippen molar-refractivity contribution in [1.29, 1.82) is 0 Å². The minimum atomic E-state index is -0.384. The third-order valence-corrected chi connectivity index (χ3v) is 7.31. The van der Waals surface area contributed by atoms with Crippen molar-refractivity contribution in [2.75, 3.05) is 13.1 Å². The van der Waals surface area contributed by atoms with Crippen molar-refractivity contribution in [3.63, 3.8) is 0 Å². The van der Waals surface area contributed by atoms with Crippen LogP contribution in [0.5, 0.6) is 0 Å². The van der Waals surface area contributed by atoms with E-state index in [0.717, 1.165) is 62.7 Å². The Morgan fingerprint density at radius 1 is 1.00 bits per heavy atom. The van der Waals surface area contributed by atoms with Crippen LogP contribution in [-0.2, 0) is 11.2 Å². The molecule has 4 nitrogen and oxygen atoms in total. The molecule has 176 valence electrons. The second-order valence-electron chi connectivity index (χ2n) is 10.2. The van der Waals surface area contributed by atoms with Gasteiger partial charge in [0.1, 0.15) is 6.04 Å². The van der Waals surface area contributed by atoms with Crippen molar-refractivity contribution in [1.82, 2.24) is 9.80 Å². The van der Waals surface area contributed by atoms with Crippen molar-refractivity contribution in [3.8, 4) is 0 Å². The molecule has 1 heterocycles. The highest BCUT2D eigenvalue weighted by molar-refractivity contribution is 6.06. The number of hydrogen-bond donors (Lipinski definition) is 0. The van der Waals surface area contributed by atoms with Gasteiger partial charge < -0.3 is 0 Å². The summed E-state index contributed by atoms with van der Waals surface area (Å²) in [5, 5.41) is 0. The van der Waals surface area contributed by atoms with Gasteiger partial charge in [0, 0.05) is 18.2 Å². The first-order chi connectivity index (χ1) is 16.0. The minimum Gasteiger partial charge on any atom is -0.288 e. The van der Waals surface area contributed by atoms with Gasteiger partial charge in [0.25, 0.3) is 11.8 Å². The lowest BCUT2D eigenvalue weighted by atomic mass is 9.88. The summed E-state index contributed by atoms with van der Waals surface area (Å²) >= 11 is 0. The van der Waals surface area contributed by atoms with Crippen LogP contribution < -0.4 is 0 Å². The summed E-state index contributed by atoms with van der Waals surface area (Å²) in [7, 11) is 0. The van der Waals surface area contributed by atoms with Gasteiger partial charge >= 0.3 is 0 Å². The third kappa shape index (κ3) is 5.38. The molecule has 1 unspecified atom stereocenters. The van der Waals surface area contributed by atoms with Gasteiger partial charge in [-0.15, -0.1) is 0 Å². The summed E-state index contributed by atoms with van der Waals surface area (Å²) in [6.45, 7) is 8.20. The zero-order valence-electron chi connectivity index (χ0n) is 20.4. The van der Waals surface area contributed by atoms with Crippen LogP contribution in [0.4, 0.5) is 0 Å². The van der Waals surface area contributed by atoms with E-state index in [2.05, 4.69) is 36.9 Å². The van der Waals surface area contributed by atoms with Gasteiger partial charge in [-0.05, 0) is 68.3 Å². The number of hydrogen-bond acceptors (Lipinski definition) is 3. The Hall–Kier alpha value is -2.46. The van der Waals surface area contributed by atoms with Crippen molar-refractivity contribution in [2.45, 2.75) is 77.8 Å². The molecule has 1 fully saturated rings. The van der Waals surface area contributed by atoms with Crippen molar-refractivity contribution in [2.24, 2.45) is 5.92 Å². The molecule has 0 bridgehead atoms. The number of nitrogens with zero attached hydrogens (tertiary/aromatic N) is 2. The lowest BCUT2D eigenvalue weighted by Gasteiger charge is -2.41. The number of carbonyl (C=O) groups is 2. The van der Waals surface area contributed by atoms with Gasteiger partial charge in [-0.3, -0.25) is 19.4 Å². The fraction of sp³-hybridized carbons (Fsp3) is 0.517. The smallest absolute Gasteiger partial charge is 0.260 e. The zero-order valence-corrected chi connectivity index (χ0v) is 20.4. The average molecular weight is 447 g/mol. The summed E-state index contributed by atoms with van der Waals surface area (Å²) in [5.74, 6) is 0.392. The molecule has 0 saturated heterocycles. The normalized spacial score (nSPS) is 19.3. The fourth-order valence-corrected chi connectivity index (χ4v) is 5.32. The second kappa shape index (κ2) is 10.6. The number of imide groups is 1. The lowest BCUT2D eigenvalue weighted by molar-refractivity contribution is -0.137. The Balaban J connectivity index is 1.72. The molecule has 2 aromatic rings. The van der Waals surface area contributed by atoms with Gasteiger partial charge in [-0.25, -0.2) is 0 Å². The first-order valence-electron chi connectivity index (χ1n) is 12.7. The average Bonchev–Trinajstić information content (AvgIpc) is 2.83. The van der Waals surface area contributed by atoms with E-state index in [-0.39, 0.29) is 23.9 Å². The number of benzene rings is 2. The largest absolute Gasteiger partial charge is 0.288 e. The minimum absolute atomic E-state index is 0.0129. The van der Waals surface area contributed by atoms with E-state index >= 15 is 0 Å². The molecule has 1 aliphatic heterocycles. The van der Waals surface area contributed by atoms with Crippen LogP contribution >= 0.6 is 0 Å². The van der Waals surface area contributed by atoms with Crippen molar-refractivity contribution < 1.29 is 9.59 Å². The number of fused-ring (bicyclic) bond motifs is 1. The summed E-state index contributed by atoms with van der Waals surface area (Å²) in [4.78, 5) is 32.1. The van der Waals surface area contributed by atoms with E-state index in [4.69, 9.17) is 0 Å². The highest BCUT2D eigenvalue weighted by atomic mass is 16.2. The van der Waals surface area contributed by atoms with Crippen LogP contribution in [0.15, 0.2) is 48.5 Å². The van der Waals surface area contributed by atoms with Gasteiger partial charge in [-0.2, -0.15) is 0 Å². The molecule has 33 heavy (non-hydrogen) atoms. The SMILES string of the molecule is Cc1ccc(C(=O)N(C(=O)C2c3ccccc3CCN2CCC(C)C)C2CCCCC2)cc1. The van der Waals surface area contributed by atoms with Crippen molar-refractivity contribution >= 4 is 11.8 Å². The quantitative estimate of drug-likeness (QED) is 0.516. The van der Waals surface area contributed by atoms with Gasteiger partial charge in [0.05, 0.1) is 0 Å². The topological polar surface area (TPSA) is 40.6 Å². The Morgan fingerprint density at radius 3 is 2.39 bits per heavy atom. The van der Waals surface area contributed by atoms with Crippen LogP contribution in [0.2, 0.25) is 0 Å². The first-order valence-corrected chi connectivity index (χ1v) is 12.7. The van der Waals surface area contributed by atoms with E-state index in [9.17, 15) is 9.59 Å². The summed E-state index contributed by atoms with van der Waals surface area (Å²) in [6.07, 6.45) is 7.15. The third-order valence-electron chi connectivity index (χ3n) is 7.31. The Kier molecular flexibility index (Phi) is 7.64. The molecule has 0 aromatic heterocycles. The number of rotatable bonds is 6. The lowest BCUT2D eigenvalue weighted by Crippen LogP contribution is -2.52. The predicted molar refractivity (Wildman–Crippen MR) is 133 cm³/mol. The van der Waals surface area contributed by atoms with Gasteiger partial charge in [0.15, 0.2) is 0 Å². The molecule has 4 rings (SSSR count). The van der Waals surface area contributed by atoms with E-state index in [0.29, 0.717) is 11.5 Å². The molecule has 1 atom stereocenters. The van der Waals surface area contributed by atoms with E-state index < -0.39 is 0 Å². The van der Waals surface area contributed by atoms with Gasteiger partial charge in [0.2, 0.25) is 0 Å². The Morgan fingerprint density at radius 2 is 1.70 bits per heavy atom. The molecule has 2 amide bonds. The van der Waals surface area contributed by atoms with Crippen LogP contribution in [0.3, 0.4) is 0 Å². The summed E-state index contributed by atoms with van der Waals surface area (Å²) in [5.41, 5.74) is 4.04. The number of amides is 2. The standard InChI is InChI=1S/C29H38N2O2/c1-21(2)17-19-30-20-18-23-9-7-8-12-26(23)27(30)29(33)31(25-10-5-4-6-11-25)28(32)24-15-13-22(3)14-16-24/h7-9,12-16,21,25,27H,4-6,10-11,17-20H2,1-3H3. The molecule has 1 aliphatic carbocycles. The van der Waals surface area contributed by atoms with E-state index in [1.165, 1.54) is 12.0 Å². The fourth-order valence-electron chi connectivity index (χ4n) is 5.32. The Bertz CT molecular complexity index is 960. The molecule has 4 heteroatoms. The van der Waals surface area contributed by atoms with Gasteiger partial charge in [-0.1, -0.05) is 75.1 Å². The molecular formula is C29H38N2O2. The van der Waals surface area contributed by atoms with Crippen LogP contribution in [0, 0.1) is 12.8 Å². The molecule has 1 saturated carbocycles. The predicted octanol–water partition coefficient (Wildman–Crippen LogP) is 5.94.